The zero-order chi connectivity index (χ0) is 13.8. The van der Waals surface area contributed by atoms with Gasteiger partial charge < -0.3 is 10.1 Å². The average Bonchev–Trinajstić information content (AvgIpc) is 2.35. The average molecular weight is 282 g/mol. The van der Waals surface area contributed by atoms with Crippen LogP contribution >= 0.6 is 11.6 Å². The van der Waals surface area contributed by atoms with Crippen molar-refractivity contribution in [2.24, 2.45) is 0 Å². The first-order chi connectivity index (χ1) is 9.10. The maximum atomic E-state index is 11.5. The highest BCUT2D eigenvalue weighted by molar-refractivity contribution is 6.30. The lowest BCUT2D eigenvalue weighted by Gasteiger charge is -2.37. The van der Waals surface area contributed by atoms with E-state index in [1.54, 1.807) is 0 Å². The van der Waals surface area contributed by atoms with Crippen LogP contribution in [0.2, 0.25) is 5.02 Å². The van der Waals surface area contributed by atoms with Crippen molar-refractivity contribution >= 4 is 17.6 Å². The third-order valence-corrected chi connectivity index (χ3v) is 3.86. The fourth-order valence-corrected chi connectivity index (χ4v) is 2.58. The largest absolute Gasteiger partial charge is 0.465 e. The maximum absolute atomic E-state index is 11.5. The first-order valence-corrected chi connectivity index (χ1v) is 7.16. The third kappa shape index (κ3) is 3.71. The van der Waals surface area contributed by atoms with Gasteiger partial charge in [0.1, 0.15) is 6.04 Å². The Hall–Kier alpha value is -1.06. The van der Waals surface area contributed by atoms with Crippen molar-refractivity contribution < 1.29 is 9.53 Å². The molecule has 0 heterocycles. The molecule has 1 unspecified atom stereocenters. The van der Waals surface area contributed by atoms with Crippen molar-refractivity contribution in [2.75, 3.05) is 6.61 Å². The lowest BCUT2D eigenvalue weighted by atomic mass is 9.75. The molecule has 1 fully saturated rings. The second kappa shape index (κ2) is 6.40. The zero-order valence-electron chi connectivity index (χ0n) is 11.4. The Bertz CT molecular complexity index is 426. The van der Waals surface area contributed by atoms with Gasteiger partial charge in [0.05, 0.1) is 6.61 Å². The van der Waals surface area contributed by atoms with Gasteiger partial charge >= 0.3 is 5.97 Å². The van der Waals surface area contributed by atoms with Crippen LogP contribution in [0.4, 0.5) is 0 Å². The molecule has 4 heteroatoms. The monoisotopic (exact) mass is 281 g/mol. The molecule has 0 bridgehead atoms. The minimum atomic E-state index is -0.226. The van der Waals surface area contributed by atoms with Crippen molar-refractivity contribution in [1.29, 1.82) is 0 Å². The van der Waals surface area contributed by atoms with Crippen molar-refractivity contribution in [3.8, 4) is 0 Å². The quantitative estimate of drug-likeness (QED) is 0.843. The van der Waals surface area contributed by atoms with E-state index in [0.717, 1.165) is 17.9 Å². The number of esters is 1. The number of hydrogen-bond acceptors (Lipinski definition) is 3. The predicted octanol–water partition coefficient (Wildman–Crippen LogP) is 3.13. The van der Waals surface area contributed by atoms with E-state index in [0.29, 0.717) is 18.6 Å². The molecule has 1 aromatic carbocycles. The summed E-state index contributed by atoms with van der Waals surface area (Å²) in [6.45, 7) is 4.11. The lowest BCUT2D eigenvalue weighted by Crippen LogP contribution is -2.47. The van der Waals surface area contributed by atoms with Gasteiger partial charge in [0, 0.05) is 11.1 Å². The number of halogens is 1. The number of nitrogens with one attached hydrogen (secondary N) is 1. The molecule has 1 saturated carbocycles. The second-order valence-electron chi connectivity index (χ2n) is 5.06. The molecule has 1 aliphatic carbocycles. The number of ether oxygens (including phenoxy) is 1. The van der Waals surface area contributed by atoms with Crippen LogP contribution in [0.5, 0.6) is 0 Å². The van der Waals surface area contributed by atoms with Crippen LogP contribution in [0.25, 0.3) is 0 Å². The minimum Gasteiger partial charge on any atom is -0.465 e. The fourth-order valence-electron chi connectivity index (χ4n) is 2.45. The molecule has 3 nitrogen and oxygen atoms in total. The Labute approximate surface area is 119 Å². The highest BCUT2D eigenvalue weighted by Crippen LogP contribution is 2.37. The van der Waals surface area contributed by atoms with Gasteiger partial charge in [-0.15, -0.1) is 0 Å². The van der Waals surface area contributed by atoms with E-state index in [9.17, 15) is 4.79 Å². The number of rotatable bonds is 5. The van der Waals surface area contributed by atoms with E-state index in [1.807, 2.05) is 26.0 Å². The molecular formula is C15H20ClNO2. The molecular weight excluding hydrogens is 262 g/mol. The van der Waals surface area contributed by atoms with Crippen molar-refractivity contribution in [2.45, 2.75) is 44.7 Å². The van der Waals surface area contributed by atoms with E-state index in [-0.39, 0.29) is 12.0 Å². The van der Waals surface area contributed by atoms with Gasteiger partial charge in [-0.05, 0) is 50.3 Å². The molecule has 1 aromatic rings. The van der Waals surface area contributed by atoms with Gasteiger partial charge in [0.2, 0.25) is 0 Å². The van der Waals surface area contributed by atoms with Crippen molar-refractivity contribution in [1.82, 2.24) is 5.32 Å². The first kappa shape index (κ1) is 14.4. The Morgan fingerprint density at radius 3 is 2.63 bits per heavy atom. The minimum absolute atomic E-state index is 0.169. The van der Waals surface area contributed by atoms with E-state index < -0.39 is 0 Å². The summed E-state index contributed by atoms with van der Waals surface area (Å²) < 4.78 is 4.98. The Morgan fingerprint density at radius 2 is 2.05 bits per heavy atom. The van der Waals surface area contributed by atoms with Crippen LogP contribution in [0, 0.1) is 0 Å². The summed E-state index contributed by atoms with van der Waals surface area (Å²) in [6, 6.07) is 8.20. The number of carbonyl (C=O) groups excluding carboxylic acids is 1. The summed E-state index contributed by atoms with van der Waals surface area (Å²) in [6.07, 6.45) is 2.12. The molecule has 1 aliphatic rings. The molecule has 2 rings (SSSR count). The number of carbonyl (C=O) groups is 1. The van der Waals surface area contributed by atoms with Crippen LogP contribution in [0.3, 0.4) is 0 Å². The van der Waals surface area contributed by atoms with Crippen LogP contribution in [0.15, 0.2) is 24.3 Å². The molecule has 104 valence electrons. The Morgan fingerprint density at radius 1 is 1.42 bits per heavy atom. The summed E-state index contributed by atoms with van der Waals surface area (Å²) in [7, 11) is 0. The summed E-state index contributed by atoms with van der Waals surface area (Å²) in [5, 5.41) is 4.08. The molecule has 0 amide bonds. The van der Waals surface area contributed by atoms with Crippen LogP contribution < -0.4 is 5.32 Å². The summed E-state index contributed by atoms with van der Waals surface area (Å²) in [4.78, 5) is 11.5. The third-order valence-electron chi connectivity index (χ3n) is 3.61. The van der Waals surface area contributed by atoms with Gasteiger partial charge in [-0.1, -0.05) is 23.7 Å². The molecule has 1 atom stereocenters. The molecule has 0 spiro atoms. The summed E-state index contributed by atoms with van der Waals surface area (Å²) >= 11 is 5.88. The van der Waals surface area contributed by atoms with Gasteiger partial charge in [0.15, 0.2) is 0 Å². The van der Waals surface area contributed by atoms with Crippen LogP contribution in [-0.4, -0.2) is 24.7 Å². The summed E-state index contributed by atoms with van der Waals surface area (Å²) in [5.74, 6) is 0.404. The maximum Gasteiger partial charge on any atom is 0.322 e. The number of benzene rings is 1. The van der Waals surface area contributed by atoms with E-state index in [1.165, 1.54) is 5.56 Å². The Kier molecular flexibility index (Phi) is 4.83. The molecule has 0 saturated heterocycles. The predicted molar refractivity (Wildman–Crippen MR) is 76.4 cm³/mol. The van der Waals surface area contributed by atoms with Gasteiger partial charge in [-0.25, -0.2) is 0 Å². The molecule has 0 radical (unpaired) electrons. The van der Waals surface area contributed by atoms with Crippen LogP contribution in [0.1, 0.15) is 38.2 Å². The highest BCUT2D eigenvalue weighted by atomic mass is 35.5. The molecule has 1 N–H and O–H groups in total. The van der Waals surface area contributed by atoms with Crippen LogP contribution in [-0.2, 0) is 9.53 Å². The SMILES string of the molecule is CCOC(=O)C(C)NC1CC(c2ccc(Cl)cc2)C1. The zero-order valence-corrected chi connectivity index (χ0v) is 12.1. The molecule has 0 aliphatic heterocycles. The van der Waals surface area contributed by atoms with Gasteiger partial charge in [-0.3, -0.25) is 4.79 Å². The van der Waals surface area contributed by atoms with E-state index in [2.05, 4.69) is 17.4 Å². The molecule has 0 aromatic heterocycles. The second-order valence-corrected chi connectivity index (χ2v) is 5.49. The normalized spacial score (nSPS) is 23.5. The Balaban J connectivity index is 1.77. The highest BCUT2D eigenvalue weighted by Gasteiger charge is 2.32. The first-order valence-electron chi connectivity index (χ1n) is 6.78. The smallest absolute Gasteiger partial charge is 0.322 e. The van der Waals surface area contributed by atoms with E-state index in [4.69, 9.17) is 16.3 Å². The molecule has 19 heavy (non-hydrogen) atoms. The topological polar surface area (TPSA) is 38.3 Å². The standard InChI is InChI=1S/C15H20ClNO2/c1-3-19-15(18)10(2)17-14-8-12(9-14)11-4-6-13(16)7-5-11/h4-7,10,12,14,17H,3,8-9H2,1-2H3. The fraction of sp³-hybridized carbons (Fsp3) is 0.533. The summed E-state index contributed by atoms with van der Waals surface area (Å²) in [5.41, 5.74) is 1.33. The van der Waals surface area contributed by atoms with Crippen molar-refractivity contribution in [3.63, 3.8) is 0 Å². The van der Waals surface area contributed by atoms with Crippen molar-refractivity contribution in [3.05, 3.63) is 34.9 Å². The van der Waals surface area contributed by atoms with E-state index >= 15 is 0 Å². The van der Waals surface area contributed by atoms with Gasteiger partial charge in [0.25, 0.3) is 0 Å². The van der Waals surface area contributed by atoms with Gasteiger partial charge in [-0.2, -0.15) is 0 Å². The lowest BCUT2D eigenvalue weighted by molar-refractivity contribution is -0.145. The number of hydrogen-bond donors (Lipinski definition) is 1.